The Hall–Kier alpha value is -5.20. The summed E-state index contributed by atoms with van der Waals surface area (Å²) in [6, 6.07) is 38.6. The molecule has 0 fully saturated rings. The largest absolute Gasteiger partial charge is 0.496 e. The molecule has 45 heavy (non-hydrogen) atoms. The van der Waals surface area contributed by atoms with Crippen LogP contribution < -0.4 is 24.4 Å². The van der Waals surface area contributed by atoms with E-state index in [1.807, 2.05) is 65.2 Å². The average molecular weight is 607 g/mol. The zero-order chi connectivity index (χ0) is 30.3. The van der Waals surface area contributed by atoms with Crippen LogP contribution in [0.15, 0.2) is 131 Å². The first-order valence-electron chi connectivity index (χ1n) is 15.1. The molecule has 0 saturated carbocycles. The van der Waals surface area contributed by atoms with E-state index in [1.165, 1.54) is 16.9 Å². The molecule has 1 atom stereocenters. The van der Waals surface area contributed by atoms with Crippen molar-refractivity contribution >= 4 is 33.9 Å². The van der Waals surface area contributed by atoms with Crippen LogP contribution in [0.5, 0.6) is 11.5 Å². The van der Waals surface area contributed by atoms with E-state index >= 15 is 0 Å². The van der Waals surface area contributed by atoms with Gasteiger partial charge in [0, 0.05) is 16.7 Å². The molecule has 6 aromatic rings. The molecule has 5 aromatic carbocycles. The number of fused-ring (bicyclic) bond motifs is 4. The van der Waals surface area contributed by atoms with Gasteiger partial charge in [-0.05, 0) is 58.5 Å². The van der Waals surface area contributed by atoms with Crippen molar-refractivity contribution < 1.29 is 9.47 Å². The lowest BCUT2D eigenvalue weighted by Gasteiger charge is -2.31. The molecule has 6 heteroatoms. The van der Waals surface area contributed by atoms with Crippen molar-refractivity contribution in [1.29, 1.82) is 0 Å². The number of methoxy groups -OCH3 is 1. The lowest BCUT2D eigenvalue weighted by molar-refractivity contribution is 0.306. The van der Waals surface area contributed by atoms with Crippen LogP contribution in [0.3, 0.4) is 0 Å². The highest BCUT2D eigenvalue weighted by molar-refractivity contribution is 7.07. The molecule has 1 aliphatic heterocycles. The van der Waals surface area contributed by atoms with E-state index in [0.29, 0.717) is 15.9 Å². The summed E-state index contributed by atoms with van der Waals surface area (Å²) in [5, 5.41) is 2.12. The second kappa shape index (κ2) is 11.4. The van der Waals surface area contributed by atoms with E-state index in [2.05, 4.69) is 60.7 Å². The van der Waals surface area contributed by atoms with Gasteiger partial charge in [-0.25, -0.2) is 4.99 Å². The molecule has 0 unspecified atom stereocenters. The van der Waals surface area contributed by atoms with Crippen LogP contribution in [0.1, 0.15) is 40.3 Å². The SMILES string of the molecule is COc1ccccc1[C@H]1C2=C(N=c3s/c(=C\c4c(OCc5ccccc5)ccc5ccccc45)c(=O)n31)c1ccccc1CC2. The molecule has 5 nitrogen and oxygen atoms in total. The molecule has 1 aromatic heterocycles. The first-order valence-corrected chi connectivity index (χ1v) is 16.0. The second-order valence-electron chi connectivity index (χ2n) is 11.3. The van der Waals surface area contributed by atoms with Gasteiger partial charge >= 0.3 is 0 Å². The number of nitrogens with zero attached hydrogens (tertiary/aromatic N) is 2. The van der Waals surface area contributed by atoms with Crippen molar-refractivity contribution in [3.63, 3.8) is 0 Å². The Labute approximate surface area is 264 Å². The zero-order valence-corrected chi connectivity index (χ0v) is 25.6. The number of hydrogen-bond acceptors (Lipinski definition) is 5. The minimum absolute atomic E-state index is 0.0676. The van der Waals surface area contributed by atoms with Crippen molar-refractivity contribution in [2.24, 2.45) is 4.99 Å². The van der Waals surface area contributed by atoms with Gasteiger partial charge in [-0.1, -0.05) is 114 Å². The lowest BCUT2D eigenvalue weighted by Crippen LogP contribution is -2.39. The van der Waals surface area contributed by atoms with Crippen LogP contribution in [0.2, 0.25) is 0 Å². The Balaban J connectivity index is 1.35. The third-order valence-electron chi connectivity index (χ3n) is 8.75. The molecule has 0 saturated heterocycles. The van der Waals surface area contributed by atoms with Gasteiger partial charge < -0.3 is 9.47 Å². The maximum Gasteiger partial charge on any atom is 0.271 e. The molecular formula is C39H30N2O3S. The van der Waals surface area contributed by atoms with Gasteiger partial charge in [0.1, 0.15) is 18.1 Å². The number of ether oxygens (including phenoxy) is 2. The zero-order valence-electron chi connectivity index (χ0n) is 24.8. The Morgan fingerprint density at radius 2 is 1.62 bits per heavy atom. The number of hydrogen-bond donors (Lipinski definition) is 0. The third-order valence-corrected chi connectivity index (χ3v) is 9.73. The fraction of sp³-hybridized carbons (Fsp3) is 0.128. The van der Waals surface area contributed by atoms with Crippen molar-refractivity contribution in [1.82, 2.24) is 4.57 Å². The van der Waals surface area contributed by atoms with Crippen LogP contribution in [0.4, 0.5) is 0 Å². The van der Waals surface area contributed by atoms with Gasteiger partial charge in [0.15, 0.2) is 4.80 Å². The van der Waals surface area contributed by atoms with Gasteiger partial charge in [0.2, 0.25) is 0 Å². The van der Waals surface area contributed by atoms with Crippen molar-refractivity contribution in [2.45, 2.75) is 25.5 Å². The summed E-state index contributed by atoms with van der Waals surface area (Å²) in [4.78, 5) is 20.4. The predicted octanol–water partition coefficient (Wildman–Crippen LogP) is 7.06. The number of rotatable bonds is 6. The minimum Gasteiger partial charge on any atom is -0.496 e. The quantitative estimate of drug-likeness (QED) is 0.204. The van der Waals surface area contributed by atoms with Gasteiger partial charge in [-0.2, -0.15) is 0 Å². The molecule has 2 heterocycles. The maximum absolute atomic E-state index is 14.5. The van der Waals surface area contributed by atoms with Gasteiger partial charge in [0.05, 0.1) is 23.4 Å². The fourth-order valence-corrected chi connectivity index (χ4v) is 7.59. The Kier molecular flexibility index (Phi) is 6.92. The monoisotopic (exact) mass is 606 g/mol. The standard InChI is InChI=1S/C39H30N2O3S/c1-43-33-18-10-9-17-30(33)37-31-21-19-27-14-6-8-16-29(27)36(31)40-39-41(37)38(42)35(45-39)23-32-28-15-7-5-13-26(28)20-22-34(32)44-24-25-11-3-2-4-12-25/h2-18,20,22-23,37H,19,21,24H2,1H3/b35-23-/t37-/m0/s1. The minimum atomic E-state index is -0.316. The van der Waals surface area contributed by atoms with Crippen molar-refractivity contribution in [3.8, 4) is 11.5 Å². The summed E-state index contributed by atoms with van der Waals surface area (Å²) in [6.07, 6.45) is 3.71. The molecule has 1 aliphatic carbocycles. The summed E-state index contributed by atoms with van der Waals surface area (Å²) in [7, 11) is 1.69. The third kappa shape index (κ3) is 4.78. The van der Waals surface area contributed by atoms with E-state index in [0.717, 1.165) is 68.6 Å². The molecule has 2 aliphatic rings. The number of thiazole rings is 1. The summed E-state index contributed by atoms with van der Waals surface area (Å²) in [5.74, 6) is 1.49. The fourth-order valence-electron chi connectivity index (χ4n) is 6.61. The van der Waals surface area contributed by atoms with Crippen LogP contribution >= 0.6 is 11.3 Å². The highest BCUT2D eigenvalue weighted by atomic mass is 32.1. The summed E-state index contributed by atoms with van der Waals surface area (Å²) in [6.45, 7) is 0.432. The Bertz CT molecular complexity index is 2300. The summed E-state index contributed by atoms with van der Waals surface area (Å²) in [5.41, 5.74) is 7.41. The highest BCUT2D eigenvalue weighted by Crippen LogP contribution is 2.43. The van der Waals surface area contributed by atoms with Gasteiger partial charge in [0.25, 0.3) is 5.56 Å². The van der Waals surface area contributed by atoms with Gasteiger partial charge in [-0.3, -0.25) is 9.36 Å². The van der Waals surface area contributed by atoms with E-state index in [1.54, 1.807) is 7.11 Å². The molecule has 8 rings (SSSR count). The van der Waals surface area contributed by atoms with Gasteiger partial charge in [-0.15, -0.1) is 0 Å². The molecule has 0 amide bonds. The summed E-state index contributed by atoms with van der Waals surface area (Å²) < 4.78 is 14.7. The van der Waals surface area contributed by atoms with E-state index < -0.39 is 0 Å². The lowest BCUT2D eigenvalue weighted by atomic mass is 9.83. The smallest absolute Gasteiger partial charge is 0.271 e. The molecule has 0 N–H and O–H groups in total. The first-order chi connectivity index (χ1) is 22.2. The average Bonchev–Trinajstić information content (AvgIpc) is 3.41. The molecule has 220 valence electrons. The molecule has 0 radical (unpaired) electrons. The Morgan fingerprint density at radius 3 is 2.51 bits per heavy atom. The van der Waals surface area contributed by atoms with Crippen LogP contribution in [-0.2, 0) is 13.0 Å². The number of aryl methyl sites for hydroxylation is 1. The number of allylic oxidation sites excluding steroid dienone is 1. The van der Waals surface area contributed by atoms with Crippen molar-refractivity contribution in [3.05, 3.63) is 168 Å². The van der Waals surface area contributed by atoms with E-state index in [9.17, 15) is 4.79 Å². The van der Waals surface area contributed by atoms with Crippen LogP contribution in [0.25, 0.3) is 22.5 Å². The number of benzene rings is 5. The number of aromatic nitrogens is 1. The second-order valence-corrected chi connectivity index (χ2v) is 12.3. The van der Waals surface area contributed by atoms with Crippen LogP contribution in [-0.4, -0.2) is 11.7 Å². The predicted molar refractivity (Wildman–Crippen MR) is 180 cm³/mol. The highest BCUT2D eigenvalue weighted by Gasteiger charge is 2.34. The number of para-hydroxylation sites is 1. The molecule has 0 spiro atoms. The van der Waals surface area contributed by atoms with Crippen molar-refractivity contribution in [2.75, 3.05) is 7.11 Å². The summed E-state index contributed by atoms with van der Waals surface area (Å²) >= 11 is 1.43. The normalized spacial score (nSPS) is 15.7. The Morgan fingerprint density at radius 1 is 0.844 bits per heavy atom. The van der Waals surface area contributed by atoms with Crippen LogP contribution in [0, 0.1) is 0 Å². The van der Waals surface area contributed by atoms with E-state index in [4.69, 9.17) is 14.5 Å². The maximum atomic E-state index is 14.5. The van der Waals surface area contributed by atoms with E-state index in [-0.39, 0.29) is 11.6 Å². The molecular weight excluding hydrogens is 577 g/mol. The first kappa shape index (κ1) is 27.4. The topological polar surface area (TPSA) is 52.8 Å². The molecule has 0 bridgehead atoms.